The lowest BCUT2D eigenvalue weighted by Crippen LogP contribution is -2.25. The zero-order valence-corrected chi connectivity index (χ0v) is 11.0. The number of alkyl halides is 1. The Bertz CT molecular complexity index is 445. The molecule has 4 heteroatoms. The summed E-state index contributed by atoms with van der Waals surface area (Å²) in [6.07, 6.45) is 0.548. The molecule has 1 unspecified atom stereocenters. The molecule has 0 radical (unpaired) electrons. The summed E-state index contributed by atoms with van der Waals surface area (Å²) in [6.45, 7) is 4.69. The van der Waals surface area contributed by atoms with Gasteiger partial charge in [0.1, 0.15) is 0 Å². The van der Waals surface area contributed by atoms with Crippen molar-refractivity contribution in [3.8, 4) is 0 Å². The number of benzene rings is 1. The molecule has 1 aliphatic rings. The number of carbonyl (C=O) groups excluding carboxylic acids is 1. The number of amides is 1. The molecule has 0 spiro atoms. The second-order valence-corrected chi connectivity index (χ2v) is 5.62. The maximum absolute atomic E-state index is 11.8. The second kappa shape index (κ2) is 4.09. The summed E-state index contributed by atoms with van der Waals surface area (Å²) in [5, 5.41) is 0. The molecule has 1 aliphatic heterocycles. The van der Waals surface area contributed by atoms with Gasteiger partial charge in [0.25, 0.3) is 0 Å². The molecule has 0 aromatic heterocycles. The summed E-state index contributed by atoms with van der Waals surface area (Å²) >= 11 is 3.47. The molecule has 1 aromatic carbocycles. The third kappa shape index (κ3) is 1.94. The van der Waals surface area contributed by atoms with Crippen molar-refractivity contribution in [3.63, 3.8) is 0 Å². The molecule has 0 bridgehead atoms. The minimum absolute atomic E-state index is 0.138. The fourth-order valence-corrected chi connectivity index (χ4v) is 2.64. The van der Waals surface area contributed by atoms with E-state index in [1.165, 1.54) is 0 Å². The maximum atomic E-state index is 11.8. The number of halogens is 1. The Hall–Kier alpha value is -1.03. The molecule has 1 heterocycles. The van der Waals surface area contributed by atoms with Crippen LogP contribution >= 0.6 is 15.9 Å². The Morgan fingerprint density at radius 1 is 1.44 bits per heavy atom. The SMILES string of the molecule is Cc1cc(C)c(N)c(N2CC(Br)CC2=O)c1. The third-order valence-corrected chi connectivity index (χ3v) is 3.49. The molecule has 2 rings (SSSR count). The first-order valence-corrected chi connectivity index (χ1v) is 6.21. The number of rotatable bonds is 1. The Labute approximate surface area is 104 Å². The fourth-order valence-electron chi connectivity index (χ4n) is 2.08. The van der Waals surface area contributed by atoms with Crippen LogP contribution in [0.5, 0.6) is 0 Å². The molecule has 1 amide bonds. The van der Waals surface area contributed by atoms with Gasteiger partial charge in [-0.05, 0) is 31.0 Å². The molecule has 0 aliphatic carbocycles. The highest BCUT2D eigenvalue weighted by molar-refractivity contribution is 9.09. The van der Waals surface area contributed by atoms with E-state index in [4.69, 9.17) is 5.73 Å². The van der Waals surface area contributed by atoms with E-state index < -0.39 is 0 Å². The smallest absolute Gasteiger partial charge is 0.228 e. The van der Waals surface area contributed by atoms with E-state index in [1.807, 2.05) is 26.0 Å². The molecule has 3 nitrogen and oxygen atoms in total. The first-order valence-electron chi connectivity index (χ1n) is 5.30. The zero-order chi connectivity index (χ0) is 11.9. The van der Waals surface area contributed by atoms with Crippen molar-refractivity contribution >= 4 is 33.2 Å². The number of nitrogens with two attached hydrogens (primary N) is 1. The summed E-state index contributed by atoms with van der Waals surface area (Å²) < 4.78 is 0. The summed E-state index contributed by atoms with van der Waals surface area (Å²) in [7, 11) is 0. The largest absolute Gasteiger partial charge is 0.397 e. The van der Waals surface area contributed by atoms with Crippen LogP contribution in [0.25, 0.3) is 0 Å². The van der Waals surface area contributed by atoms with Gasteiger partial charge in [0.2, 0.25) is 5.91 Å². The van der Waals surface area contributed by atoms with E-state index in [0.717, 1.165) is 16.8 Å². The van der Waals surface area contributed by atoms with Crippen molar-refractivity contribution in [3.05, 3.63) is 23.3 Å². The van der Waals surface area contributed by atoms with Crippen LogP contribution in [0.2, 0.25) is 0 Å². The van der Waals surface area contributed by atoms with Gasteiger partial charge >= 0.3 is 0 Å². The molecule has 0 saturated carbocycles. The van der Waals surface area contributed by atoms with E-state index in [-0.39, 0.29) is 10.7 Å². The lowest BCUT2D eigenvalue weighted by atomic mass is 10.1. The molecule has 1 fully saturated rings. The van der Waals surface area contributed by atoms with E-state index in [2.05, 4.69) is 15.9 Å². The minimum atomic E-state index is 0.138. The molecule has 2 N–H and O–H groups in total. The normalized spacial score (nSPS) is 20.6. The van der Waals surface area contributed by atoms with Crippen LogP contribution in [0.4, 0.5) is 11.4 Å². The minimum Gasteiger partial charge on any atom is -0.397 e. The van der Waals surface area contributed by atoms with Gasteiger partial charge in [0.05, 0.1) is 11.4 Å². The first kappa shape index (κ1) is 11.5. The molecule has 16 heavy (non-hydrogen) atoms. The van der Waals surface area contributed by atoms with Gasteiger partial charge in [-0.1, -0.05) is 22.0 Å². The van der Waals surface area contributed by atoms with Crippen molar-refractivity contribution in [2.45, 2.75) is 25.1 Å². The standard InChI is InChI=1S/C12H15BrN2O/c1-7-3-8(2)12(14)10(4-7)15-6-9(13)5-11(15)16/h3-4,9H,5-6,14H2,1-2H3. The van der Waals surface area contributed by atoms with Gasteiger partial charge in [-0.15, -0.1) is 0 Å². The zero-order valence-electron chi connectivity index (χ0n) is 9.46. The van der Waals surface area contributed by atoms with Crippen LogP contribution in [0.1, 0.15) is 17.5 Å². The van der Waals surface area contributed by atoms with Gasteiger partial charge in [0.15, 0.2) is 0 Å². The van der Waals surface area contributed by atoms with Gasteiger partial charge in [-0.2, -0.15) is 0 Å². The van der Waals surface area contributed by atoms with Crippen molar-refractivity contribution in [2.75, 3.05) is 17.2 Å². The Morgan fingerprint density at radius 3 is 2.69 bits per heavy atom. The van der Waals surface area contributed by atoms with E-state index in [0.29, 0.717) is 18.7 Å². The topological polar surface area (TPSA) is 46.3 Å². The van der Waals surface area contributed by atoms with E-state index >= 15 is 0 Å². The Kier molecular flexibility index (Phi) is 2.93. The van der Waals surface area contributed by atoms with Gasteiger partial charge in [-0.3, -0.25) is 4.79 Å². The average Bonchev–Trinajstić information content (AvgIpc) is 2.51. The van der Waals surface area contributed by atoms with E-state index in [9.17, 15) is 4.79 Å². The lowest BCUT2D eigenvalue weighted by Gasteiger charge is -2.20. The molecule has 1 aromatic rings. The summed E-state index contributed by atoms with van der Waals surface area (Å²) in [5.74, 6) is 0.138. The Balaban J connectivity index is 2.44. The van der Waals surface area contributed by atoms with Crippen LogP contribution in [-0.2, 0) is 4.79 Å². The summed E-state index contributed by atoms with van der Waals surface area (Å²) in [6, 6.07) is 4.01. The summed E-state index contributed by atoms with van der Waals surface area (Å²) in [4.78, 5) is 13.8. The third-order valence-electron chi connectivity index (χ3n) is 2.88. The molecular weight excluding hydrogens is 268 g/mol. The lowest BCUT2D eigenvalue weighted by molar-refractivity contribution is -0.117. The number of hydrogen-bond acceptors (Lipinski definition) is 2. The van der Waals surface area contributed by atoms with Crippen LogP contribution in [-0.4, -0.2) is 17.3 Å². The molecule has 1 saturated heterocycles. The highest BCUT2D eigenvalue weighted by atomic mass is 79.9. The van der Waals surface area contributed by atoms with Crippen molar-refractivity contribution in [1.29, 1.82) is 0 Å². The molecule has 1 atom stereocenters. The Morgan fingerprint density at radius 2 is 2.12 bits per heavy atom. The average molecular weight is 283 g/mol. The van der Waals surface area contributed by atoms with Crippen LogP contribution in [0.3, 0.4) is 0 Å². The highest BCUT2D eigenvalue weighted by Crippen LogP contribution is 2.32. The quantitative estimate of drug-likeness (QED) is 0.635. The summed E-state index contributed by atoms with van der Waals surface area (Å²) in [5.41, 5.74) is 9.75. The monoisotopic (exact) mass is 282 g/mol. The number of nitrogen functional groups attached to an aromatic ring is 1. The van der Waals surface area contributed by atoms with E-state index in [1.54, 1.807) is 4.90 Å². The van der Waals surface area contributed by atoms with Crippen molar-refractivity contribution in [2.24, 2.45) is 0 Å². The predicted molar refractivity (Wildman–Crippen MR) is 70.0 cm³/mol. The van der Waals surface area contributed by atoms with Crippen LogP contribution in [0.15, 0.2) is 12.1 Å². The second-order valence-electron chi connectivity index (χ2n) is 4.32. The van der Waals surface area contributed by atoms with Crippen LogP contribution < -0.4 is 10.6 Å². The maximum Gasteiger partial charge on any atom is 0.228 e. The number of carbonyl (C=O) groups is 1. The molecule has 86 valence electrons. The van der Waals surface area contributed by atoms with Crippen molar-refractivity contribution < 1.29 is 4.79 Å². The first-order chi connectivity index (χ1) is 7.49. The van der Waals surface area contributed by atoms with Gasteiger partial charge < -0.3 is 10.6 Å². The van der Waals surface area contributed by atoms with Gasteiger partial charge in [-0.25, -0.2) is 0 Å². The fraction of sp³-hybridized carbons (Fsp3) is 0.417. The molecular formula is C12H15BrN2O. The number of nitrogens with zero attached hydrogens (tertiary/aromatic N) is 1. The van der Waals surface area contributed by atoms with Crippen LogP contribution in [0, 0.1) is 13.8 Å². The van der Waals surface area contributed by atoms with Gasteiger partial charge in [0, 0.05) is 17.8 Å². The predicted octanol–water partition coefficient (Wildman–Crippen LogP) is 2.39. The van der Waals surface area contributed by atoms with Crippen molar-refractivity contribution in [1.82, 2.24) is 0 Å². The number of aryl methyl sites for hydroxylation is 2. The number of hydrogen-bond donors (Lipinski definition) is 1. The highest BCUT2D eigenvalue weighted by Gasteiger charge is 2.30. The number of anilines is 2.